The Balaban J connectivity index is 1.76. The molecule has 122 valence electrons. The van der Waals surface area contributed by atoms with E-state index in [1.165, 1.54) is 23.4 Å². The quantitative estimate of drug-likeness (QED) is 0.399. The van der Waals surface area contributed by atoms with Crippen molar-refractivity contribution in [3.05, 3.63) is 69.8 Å². The number of rotatable bonds is 5. The molecule has 0 atom stereocenters. The molecule has 2 aromatic carbocycles. The molecule has 0 saturated carbocycles. The lowest BCUT2D eigenvalue weighted by atomic mass is 10.1. The fourth-order valence-corrected chi connectivity index (χ4v) is 3.16. The molecule has 0 radical (unpaired) electrons. The zero-order chi connectivity index (χ0) is 17.1. The highest BCUT2D eigenvalue weighted by atomic mass is 32.2. The second-order valence-electron chi connectivity index (χ2n) is 5.45. The third-order valence-electron chi connectivity index (χ3n) is 3.63. The van der Waals surface area contributed by atoms with Gasteiger partial charge in [-0.15, -0.1) is 10.2 Å². The van der Waals surface area contributed by atoms with Gasteiger partial charge in [0.15, 0.2) is 11.0 Å². The first kappa shape index (κ1) is 16.2. The molecule has 0 amide bonds. The first-order valence-corrected chi connectivity index (χ1v) is 8.36. The van der Waals surface area contributed by atoms with E-state index in [0.717, 1.165) is 22.1 Å². The summed E-state index contributed by atoms with van der Waals surface area (Å²) in [5, 5.41) is 20.1. The molecule has 3 aromatic rings. The molecule has 3 rings (SSSR count). The smallest absolute Gasteiger partial charge is 0.269 e. The molecule has 24 heavy (non-hydrogen) atoms. The zero-order valence-corrected chi connectivity index (χ0v) is 14.2. The largest absolute Gasteiger partial charge is 0.305 e. The van der Waals surface area contributed by atoms with Crippen LogP contribution in [0.2, 0.25) is 0 Å². The average molecular weight is 340 g/mol. The summed E-state index contributed by atoms with van der Waals surface area (Å²) in [5.41, 5.74) is 3.19. The van der Waals surface area contributed by atoms with Gasteiger partial charge in [-0.2, -0.15) is 0 Å². The Kier molecular flexibility index (Phi) is 4.61. The molecule has 0 aliphatic heterocycles. The Morgan fingerprint density at radius 3 is 2.62 bits per heavy atom. The van der Waals surface area contributed by atoms with Gasteiger partial charge in [-0.1, -0.05) is 53.7 Å². The highest BCUT2D eigenvalue weighted by molar-refractivity contribution is 7.98. The fraction of sp³-hybridized carbons (Fsp3) is 0.176. The third kappa shape index (κ3) is 3.46. The Hall–Kier alpha value is -2.67. The number of non-ortho nitro benzene ring substituents is 1. The predicted molar refractivity (Wildman–Crippen MR) is 93.8 cm³/mol. The van der Waals surface area contributed by atoms with E-state index in [1.54, 1.807) is 12.1 Å². The van der Waals surface area contributed by atoms with Gasteiger partial charge in [-0.3, -0.25) is 10.1 Å². The minimum atomic E-state index is -0.383. The number of nitro groups is 1. The highest BCUT2D eigenvalue weighted by Crippen LogP contribution is 2.26. The van der Waals surface area contributed by atoms with E-state index in [1.807, 2.05) is 48.9 Å². The molecule has 0 fully saturated rings. The normalized spacial score (nSPS) is 10.8. The van der Waals surface area contributed by atoms with Gasteiger partial charge in [0.2, 0.25) is 0 Å². The topological polar surface area (TPSA) is 73.8 Å². The standard InChI is InChI=1S/C17H16N4O2S/c1-12-6-8-14(9-7-12)16-18-19-17(20(16)2)24-11-13-4-3-5-15(10-13)21(22)23/h3-10H,11H2,1-2H3. The molecule has 0 saturated heterocycles. The Labute approximate surface area is 143 Å². The van der Waals surface area contributed by atoms with Crippen molar-refractivity contribution in [1.82, 2.24) is 14.8 Å². The van der Waals surface area contributed by atoms with Gasteiger partial charge in [0.1, 0.15) is 0 Å². The number of aryl methyl sites for hydroxylation is 1. The summed E-state index contributed by atoms with van der Waals surface area (Å²) in [5.74, 6) is 1.40. The Morgan fingerprint density at radius 2 is 1.92 bits per heavy atom. The fourth-order valence-electron chi connectivity index (χ4n) is 2.30. The number of nitro benzene ring substituents is 1. The number of thioether (sulfide) groups is 1. The summed E-state index contributed by atoms with van der Waals surface area (Å²) in [4.78, 5) is 10.5. The van der Waals surface area contributed by atoms with Crippen molar-refractivity contribution < 1.29 is 4.92 Å². The molecule has 1 aromatic heterocycles. The molecule has 0 N–H and O–H groups in total. The van der Waals surface area contributed by atoms with E-state index in [9.17, 15) is 10.1 Å². The van der Waals surface area contributed by atoms with Crippen LogP contribution in [-0.4, -0.2) is 19.7 Å². The summed E-state index contributed by atoms with van der Waals surface area (Å²) >= 11 is 1.51. The minimum Gasteiger partial charge on any atom is -0.305 e. The third-order valence-corrected chi connectivity index (χ3v) is 4.73. The maximum Gasteiger partial charge on any atom is 0.269 e. The molecule has 0 aliphatic rings. The van der Waals surface area contributed by atoms with Crippen LogP contribution in [0.4, 0.5) is 5.69 Å². The van der Waals surface area contributed by atoms with Crippen LogP contribution >= 0.6 is 11.8 Å². The molecular formula is C17H16N4O2S. The van der Waals surface area contributed by atoms with Crippen LogP contribution in [0.25, 0.3) is 11.4 Å². The van der Waals surface area contributed by atoms with E-state index in [-0.39, 0.29) is 10.6 Å². The maximum absolute atomic E-state index is 10.8. The van der Waals surface area contributed by atoms with Gasteiger partial charge in [0.25, 0.3) is 5.69 Å². The summed E-state index contributed by atoms with van der Waals surface area (Å²) in [6.07, 6.45) is 0. The molecule has 0 aliphatic carbocycles. The van der Waals surface area contributed by atoms with Crippen molar-refractivity contribution in [2.75, 3.05) is 0 Å². The van der Waals surface area contributed by atoms with Crippen molar-refractivity contribution in [3.63, 3.8) is 0 Å². The van der Waals surface area contributed by atoms with Crippen LogP contribution < -0.4 is 0 Å². The van der Waals surface area contributed by atoms with E-state index >= 15 is 0 Å². The van der Waals surface area contributed by atoms with Crippen LogP contribution in [0.5, 0.6) is 0 Å². The van der Waals surface area contributed by atoms with Crippen molar-refractivity contribution >= 4 is 17.4 Å². The van der Waals surface area contributed by atoms with Crippen molar-refractivity contribution in [2.24, 2.45) is 7.05 Å². The molecule has 6 nitrogen and oxygen atoms in total. The lowest BCUT2D eigenvalue weighted by Gasteiger charge is -2.04. The van der Waals surface area contributed by atoms with Crippen molar-refractivity contribution in [1.29, 1.82) is 0 Å². The van der Waals surface area contributed by atoms with Gasteiger partial charge in [-0.25, -0.2) is 0 Å². The van der Waals surface area contributed by atoms with Crippen LogP contribution in [0.1, 0.15) is 11.1 Å². The van der Waals surface area contributed by atoms with E-state index < -0.39 is 0 Å². The Bertz CT molecular complexity index is 875. The van der Waals surface area contributed by atoms with Gasteiger partial charge >= 0.3 is 0 Å². The summed E-state index contributed by atoms with van der Waals surface area (Å²) in [6.45, 7) is 2.04. The SMILES string of the molecule is Cc1ccc(-c2nnc(SCc3cccc([N+](=O)[O-])c3)n2C)cc1. The van der Waals surface area contributed by atoms with E-state index in [2.05, 4.69) is 10.2 Å². The average Bonchev–Trinajstić information content (AvgIpc) is 2.95. The second kappa shape index (κ2) is 6.84. The van der Waals surface area contributed by atoms with Crippen LogP contribution in [0.15, 0.2) is 53.7 Å². The van der Waals surface area contributed by atoms with Gasteiger partial charge < -0.3 is 4.57 Å². The maximum atomic E-state index is 10.8. The van der Waals surface area contributed by atoms with Gasteiger partial charge in [-0.05, 0) is 12.5 Å². The molecule has 7 heteroatoms. The molecule has 0 bridgehead atoms. The first-order valence-electron chi connectivity index (χ1n) is 7.37. The lowest BCUT2D eigenvalue weighted by molar-refractivity contribution is -0.384. The van der Waals surface area contributed by atoms with E-state index in [0.29, 0.717) is 5.75 Å². The molecule has 0 unspecified atom stereocenters. The summed E-state index contributed by atoms with van der Waals surface area (Å²) < 4.78 is 1.94. The first-order chi connectivity index (χ1) is 11.5. The highest BCUT2D eigenvalue weighted by Gasteiger charge is 2.12. The molecule has 0 spiro atoms. The van der Waals surface area contributed by atoms with Crippen LogP contribution in [0, 0.1) is 17.0 Å². The number of benzene rings is 2. The predicted octanol–water partition coefficient (Wildman–Crippen LogP) is 3.99. The number of hydrogen-bond donors (Lipinski definition) is 0. The second-order valence-corrected chi connectivity index (χ2v) is 6.39. The molecule has 1 heterocycles. The summed E-state index contributed by atoms with van der Waals surface area (Å²) in [6, 6.07) is 14.8. The number of aromatic nitrogens is 3. The Morgan fingerprint density at radius 1 is 1.17 bits per heavy atom. The minimum absolute atomic E-state index is 0.103. The van der Waals surface area contributed by atoms with Crippen molar-refractivity contribution in [3.8, 4) is 11.4 Å². The van der Waals surface area contributed by atoms with Crippen LogP contribution in [-0.2, 0) is 12.8 Å². The van der Waals surface area contributed by atoms with Gasteiger partial charge in [0, 0.05) is 30.5 Å². The number of hydrogen-bond acceptors (Lipinski definition) is 5. The summed E-state index contributed by atoms with van der Waals surface area (Å²) in [7, 11) is 1.92. The zero-order valence-electron chi connectivity index (χ0n) is 13.3. The van der Waals surface area contributed by atoms with Crippen LogP contribution in [0.3, 0.4) is 0 Å². The van der Waals surface area contributed by atoms with Gasteiger partial charge in [0.05, 0.1) is 4.92 Å². The monoisotopic (exact) mass is 340 g/mol. The van der Waals surface area contributed by atoms with Crippen molar-refractivity contribution in [2.45, 2.75) is 17.8 Å². The lowest BCUT2D eigenvalue weighted by Crippen LogP contribution is -1.95. The number of nitrogens with zero attached hydrogens (tertiary/aromatic N) is 4. The van der Waals surface area contributed by atoms with E-state index in [4.69, 9.17) is 0 Å². The molecular weight excluding hydrogens is 324 g/mol.